The van der Waals surface area contributed by atoms with E-state index >= 15 is 0 Å². The van der Waals surface area contributed by atoms with Crippen LogP contribution in [0.5, 0.6) is 0 Å². The quantitative estimate of drug-likeness (QED) is 0.512. The molecule has 0 saturated carbocycles. The zero-order chi connectivity index (χ0) is 18.7. The number of hydrogen-bond donors (Lipinski definition) is 2. The molecule has 1 aromatic carbocycles. The summed E-state index contributed by atoms with van der Waals surface area (Å²) in [7, 11) is 1.65. The number of aromatic nitrogens is 1. The van der Waals surface area contributed by atoms with E-state index in [2.05, 4.69) is 15.5 Å². The van der Waals surface area contributed by atoms with Gasteiger partial charge in [0.05, 0.1) is 15.3 Å². The Morgan fingerprint density at radius 1 is 1.31 bits per heavy atom. The molecule has 2 heterocycles. The summed E-state index contributed by atoms with van der Waals surface area (Å²) >= 11 is 7.09. The van der Waals surface area contributed by atoms with Crippen molar-refractivity contribution < 1.29 is 9.32 Å². The highest BCUT2D eigenvalue weighted by Gasteiger charge is 2.17. The van der Waals surface area contributed by atoms with E-state index in [1.54, 1.807) is 25.2 Å². The summed E-state index contributed by atoms with van der Waals surface area (Å²) in [5.74, 6) is 0.836. The van der Waals surface area contributed by atoms with E-state index < -0.39 is 0 Å². The fourth-order valence-corrected chi connectivity index (χ4v) is 3.29. The zero-order valence-corrected chi connectivity index (χ0v) is 15.8. The number of amidine groups is 1. The Hall–Kier alpha value is -2.64. The highest BCUT2D eigenvalue weighted by Crippen LogP contribution is 2.25. The molecule has 0 aliphatic rings. The summed E-state index contributed by atoms with van der Waals surface area (Å²) in [6.07, 6.45) is 0. The first-order valence-electron chi connectivity index (χ1n) is 7.84. The van der Waals surface area contributed by atoms with Crippen LogP contribution in [-0.4, -0.2) is 23.9 Å². The minimum atomic E-state index is -0.327. The molecule has 2 aromatic heterocycles. The highest BCUT2D eigenvalue weighted by atomic mass is 35.5. The number of nitrogens with two attached hydrogens (primary N) is 1. The second-order valence-electron chi connectivity index (χ2n) is 5.60. The molecule has 0 saturated heterocycles. The van der Waals surface area contributed by atoms with Crippen LogP contribution in [0.4, 0.5) is 0 Å². The van der Waals surface area contributed by atoms with Gasteiger partial charge in [0, 0.05) is 24.2 Å². The van der Waals surface area contributed by atoms with Crippen LogP contribution in [0.25, 0.3) is 11.3 Å². The molecule has 26 heavy (non-hydrogen) atoms. The van der Waals surface area contributed by atoms with Crippen molar-refractivity contribution in [1.82, 2.24) is 10.5 Å². The molecule has 0 bridgehead atoms. The van der Waals surface area contributed by atoms with E-state index in [1.807, 2.05) is 31.2 Å². The van der Waals surface area contributed by atoms with Crippen LogP contribution < -0.4 is 11.1 Å². The van der Waals surface area contributed by atoms with E-state index in [0.717, 1.165) is 11.1 Å². The minimum Gasteiger partial charge on any atom is -0.384 e. The van der Waals surface area contributed by atoms with Gasteiger partial charge in [0.15, 0.2) is 5.76 Å². The SMILES string of the molecule is CN=C(N)c1ccc(-c2cc([C@@H](C)NC(=O)c3ccc(Cl)s3)on2)cc1. The zero-order valence-electron chi connectivity index (χ0n) is 14.2. The van der Waals surface area contributed by atoms with Gasteiger partial charge in [0.2, 0.25) is 0 Å². The lowest BCUT2D eigenvalue weighted by Gasteiger charge is -2.09. The molecular formula is C18H17ClN4O2S. The van der Waals surface area contributed by atoms with Crippen LogP contribution in [0.15, 0.2) is 52.0 Å². The minimum absolute atomic E-state index is 0.203. The van der Waals surface area contributed by atoms with Crippen LogP contribution >= 0.6 is 22.9 Å². The van der Waals surface area contributed by atoms with Gasteiger partial charge in [-0.2, -0.15) is 0 Å². The molecule has 1 amide bonds. The first kappa shape index (κ1) is 18.2. The largest absolute Gasteiger partial charge is 0.384 e. The van der Waals surface area contributed by atoms with Crippen LogP contribution in [0.3, 0.4) is 0 Å². The molecule has 6 nitrogen and oxygen atoms in total. The number of rotatable bonds is 5. The lowest BCUT2D eigenvalue weighted by Crippen LogP contribution is -2.25. The molecule has 0 radical (unpaired) electrons. The van der Waals surface area contributed by atoms with Crippen molar-refractivity contribution in [2.75, 3.05) is 7.05 Å². The molecule has 0 spiro atoms. The van der Waals surface area contributed by atoms with E-state index in [9.17, 15) is 4.79 Å². The van der Waals surface area contributed by atoms with Crippen molar-refractivity contribution in [3.63, 3.8) is 0 Å². The Balaban J connectivity index is 1.71. The monoisotopic (exact) mass is 388 g/mol. The van der Waals surface area contributed by atoms with Gasteiger partial charge in [-0.25, -0.2) is 0 Å². The van der Waals surface area contributed by atoms with E-state index in [4.69, 9.17) is 21.9 Å². The molecular weight excluding hydrogens is 372 g/mol. The predicted molar refractivity (Wildman–Crippen MR) is 104 cm³/mol. The van der Waals surface area contributed by atoms with Gasteiger partial charge in [-0.15, -0.1) is 11.3 Å². The summed E-state index contributed by atoms with van der Waals surface area (Å²) in [6, 6.07) is 12.4. The number of hydrogen-bond acceptors (Lipinski definition) is 5. The third kappa shape index (κ3) is 3.95. The van der Waals surface area contributed by atoms with Crippen molar-refractivity contribution in [2.45, 2.75) is 13.0 Å². The van der Waals surface area contributed by atoms with Gasteiger partial charge < -0.3 is 15.6 Å². The summed E-state index contributed by atoms with van der Waals surface area (Å²) in [4.78, 5) is 16.7. The van der Waals surface area contributed by atoms with Gasteiger partial charge in [0.1, 0.15) is 11.5 Å². The Bertz CT molecular complexity index is 946. The predicted octanol–water partition coefficient (Wildman–Crippen LogP) is 3.88. The van der Waals surface area contributed by atoms with Crippen LogP contribution in [0.1, 0.15) is 34.0 Å². The fourth-order valence-electron chi connectivity index (χ4n) is 2.35. The Kier molecular flexibility index (Phi) is 5.39. The number of nitrogens with zero attached hydrogens (tertiary/aromatic N) is 2. The Morgan fingerprint density at radius 3 is 2.65 bits per heavy atom. The van der Waals surface area contributed by atoms with Gasteiger partial charge in [-0.05, 0) is 19.1 Å². The number of benzene rings is 1. The van der Waals surface area contributed by atoms with Gasteiger partial charge in [0.25, 0.3) is 5.91 Å². The number of nitrogens with one attached hydrogen (secondary N) is 1. The third-order valence-corrected chi connectivity index (χ3v) is 5.05. The van der Waals surface area contributed by atoms with Crippen LogP contribution in [-0.2, 0) is 0 Å². The Morgan fingerprint density at radius 2 is 2.04 bits per heavy atom. The van der Waals surface area contributed by atoms with Gasteiger partial charge in [-0.1, -0.05) is 41.0 Å². The van der Waals surface area contributed by atoms with E-state index in [-0.39, 0.29) is 11.9 Å². The van der Waals surface area contributed by atoms with Crippen molar-refractivity contribution in [2.24, 2.45) is 10.7 Å². The smallest absolute Gasteiger partial charge is 0.261 e. The second-order valence-corrected chi connectivity index (χ2v) is 7.31. The molecule has 8 heteroatoms. The molecule has 134 valence electrons. The molecule has 1 atom stereocenters. The number of carbonyl (C=O) groups excluding carboxylic acids is 1. The second kappa shape index (κ2) is 7.72. The van der Waals surface area contributed by atoms with E-state index in [0.29, 0.717) is 26.5 Å². The molecule has 3 rings (SSSR count). The molecule has 0 fully saturated rings. The molecule has 0 unspecified atom stereocenters. The van der Waals surface area contributed by atoms with E-state index in [1.165, 1.54) is 11.3 Å². The maximum absolute atomic E-state index is 12.2. The van der Waals surface area contributed by atoms with Crippen molar-refractivity contribution in [3.8, 4) is 11.3 Å². The van der Waals surface area contributed by atoms with Gasteiger partial charge >= 0.3 is 0 Å². The van der Waals surface area contributed by atoms with Crippen molar-refractivity contribution >= 4 is 34.7 Å². The van der Waals surface area contributed by atoms with Crippen molar-refractivity contribution in [1.29, 1.82) is 0 Å². The fraction of sp³-hybridized carbons (Fsp3) is 0.167. The maximum Gasteiger partial charge on any atom is 0.261 e. The highest BCUT2D eigenvalue weighted by molar-refractivity contribution is 7.18. The van der Waals surface area contributed by atoms with Crippen LogP contribution in [0, 0.1) is 0 Å². The maximum atomic E-state index is 12.2. The molecule has 0 aliphatic carbocycles. The summed E-state index contributed by atoms with van der Waals surface area (Å²) in [5, 5.41) is 6.95. The number of carbonyl (C=O) groups is 1. The molecule has 3 N–H and O–H groups in total. The first-order chi connectivity index (χ1) is 12.5. The number of aliphatic imine (C=N–C) groups is 1. The Labute approximate surface area is 159 Å². The third-order valence-electron chi connectivity index (χ3n) is 3.82. The van der Waals surface area contributed by atoms with Gasteiger partial charge in [-0.3, -0.25) is 9.79 Å². The number of halogens is 1. The molecule has 3 aromatic rings. The molecule has 0 aliphatic heterocycles. The normalized spacial score (nSPS) is 12.8. The van der Waals surface area contributed by atoms with Crippen LogP contribution in [0.2, 0.25) is 4.34 Å². The number of amides is 1. The number of thiophene rings is 1. The summed E-state index contributed by atoms with van der Waals surface area (Å²) < 4.78 is 5.96. The lowest BCUT2D eigenvalue weighted by molar-refractivity contribution is 0.0938. The summed E-state index contributed by atoms with van der Waals surface area (Å²) in [5.41, 5.74) is 8.20. The summed E-state index contributed by atoms with van der Waals surface area (Å²) in [6.45, 7) is 1.83. The topological polar surface area (TPSA) is 93.5 Å². The lowest BCUT2D eigenvalue weighted by atomic mass is 10.1. The average molecular weight is 389 g/mol. The standard InChI is InChI=1S/C18H17ClN4O2S/c1-10(22-18(24)15-7-8-16(19)26-15)14-9-13(23-25-14)11-3-5-12(6-4-11)17(20)21-2/h3-10H,1-2H3,(H2,20,21)(H,22,24)/t10-/m1/s1. The van der Waals surface area contributed by atoms with Crippen molar-refractivity contribution in [3.05, 3.63) is 63.0 Å². The first-order valence-corrected chi connectivity index (χ1v) is 9.03. The average Bonchev–Trinajstić information content (AvgIpc) is 3.30.